The van der Waals surface area contributed by atoms with Gasteiger partial charge in [0.15, 0.2) is 0 Å². The fourth-order valence-corrected chi connectivity index (χ4v) is 8.71. The average molecular weight is 533 g/mol. The fraction of sp³-hybridized carbons (Fsp3) is 0.519. The molecule has 3 aliphatic rings. The maximum absolute atomic E-state index is 14.4. The van der Waals surface area contributed by atoms with Crippen molar-refractivity contribution in [1.29, 1.82) is 0 Å². The number of esters is 1. The lowest BCUT2D eigenvalue weighted by atomic mass is 9.66. The van der Waals surface area contributed by atoms with Gasteiger partial charge in [-0.05, 0) is 50.5 Å². The summed E-state index contributed by atoms with van der Waals surface area (Å²) in [5.74, 6) is -2.33. The number of anilines is 1. The number of amides is 2. The van der Waals surface area contributed by atoms with Crippen molar-refractivity contribution in [3.8, 4) is 0 Å². The van der Waals surface area contributed by atoms with Gasteiger partial charge in [0.2, 0.25) is 5.91 Å². The van der Waals surface area contributed by atoms with Crippen molar-refractivity contribution < 1.29 is 24.2 Å². The molecular formula is C27H33ClN2O5S. The Hall–Kier alpha value is -2.29. The van der Waals surface area contributed by atoms with Gasteiger partial charge in [-0.25, -0.2) is 0 Å². The predicted octanol–water partition coefficient (Wildman–Crippen LogP) is 3.84. The molecule has 2 unspecified atom stereocenters. The van der Waals surface area contributed by atoms with E-state index in [-0.39, 0.29) is 31.6 Å². The van der Waals surface area contributed by atoms with Crippen LogP contribution in [0.2, 0.25) is 5.02 Å². The van der Waals surface area contributed by atoms with E-state index in [1.165, 1.54) is 6.08 Å². The highest BCUT2D eigenvalue weighted by Gasteiger charge is 2.78. The number of nitrogens with zero attached hydrogens (tertiary/aromatic N) is 2. The molecule has 3 heterocycles. The molecule has 3 saturated heterocycles. The molecule has 0 radical (unpaired) electrons. The van der Waals surface area contributed by atoms with Crippen LogP contribution in [0.4, 0.5) is 5.69 Å². The van der Waals surface area contributed by atoms with Gasteiger partial charge in [-0.15, -0.1) is 18.3 Å². The van der Waals surface area contributed by atoms with E-state index < -0.39 is 39.4 Å². The Morgan fingerprint density at radius 3 is 2.58 bits per heavy atom. The lowest BCUT2D eigenvalue weighted by molar-refractivity contribution is -0.155. The molecule has 7 nitrogen and oxygen atoms in total. The summed E-state index contributed by atoms with van der Waals surface area (Å²) in [6.45, 7) is 11.3. The number of benzene rings is 1. The van der Waals surface area contributed by atoms with Gasteiger partial charge in [0, 0.05) is 22.0 Å². The Kier molecular flexibility index (Phi) is 7.60. The quantitative estimate of drug-likeness (QED) is 0.364. The second-order valence-corrected chi connectivity index (χ2v) is 12.2. The second kappa shape index (κ2) is 10.2. The first-order chi connectivity index (χ1) is 17.2. The summed E-state index contributed by atoms with van der Waals surface area (Å²) in [6.07, 6.45) is 4.93. The van der Waals surface area contributed by atoms with Crippen LogP contribution in [0.1, 0.15) is 33.1 Å². The molecule has 3 fully saturated rings. The number of aliphatic hydroxyl groups is 1. The summed E-state index contributed by atoms with van der Waals surface area (Å²) in [5, 5.41) is 10.8. The van der Waals surface area contributed by atoms with Crippen LogP contribution < -0.4 is 4.90 Å². The molecule has 1 aromatic rings. The second-order valence-electron chi connectivity index (χ2n) is 9.85. The normalized spacial score (nSPS) is 31.2. The fourth-order valence-electron chi connectivity index (χ4n) is 6.26. The van der Waals surface area contributed by atoms with Crippen LogP contribution in [0.15, 0.2) is 49.6 Å². The van der Waals surface area contributed by atoms with Crippen molar-refractivity contribution in [2.24, 2.45) is 11.8 Å². The predicted molar refractivity (Wildman–Crippen MR) is 142 cm³/mol. The molecule has 6 atom stereocenters. The van der Waals surface area contributed by atoms with E-state index in [0.717, 1.165) is 0 Å². The Balaban J connectivity index is 1.82. The third-order valence-corrected chi connectivity index (χ3v) is 10.1. The maximum atomic E-state index is 14.4. The summed E-state index contributed by atoms with van der Waals surface area (Å²) >= 11 is 7.66. The summed E-state index contributed by atoms with van der Waals surface area (Å²) in [4.78, 5) is 44.9. The van der Waals surface area contributed by atoms with E-state index in [1.807, 2.05) is 13.8 Å². The zero-order valence-corrected chi connectivity index (χ0v) is 22.3. The third-order valence-electron chi connectivity index (χ3n) is 7.84. The van der Waals surface area contributed by atoms with Gasteiger partial charge < -0.3 is 19.6 Å². The first-order valence-electron chi connectivity index (χ1n) is 12.3. The molecule has 0 saturated carbocycles. The van der Waals surface area contributed by atoms with Crippen molar-refractivity contribution >= 4 is 46.8 Å². The van der Waals surface area contributed by atoms with Crippen LogP contribution in [-0.4, -0.2) is 69.1 Å². The average Bonchev–Trinajstić information content (AvgIpc) is 3.43. The number of carbonyl (C=O) groups excluding carboxylic acids is 3. The smallest absolute Gasteiger partial charge is 0.311 e. The van der Waals surface area contributed by atoms with Crippen LogP contribution in [0, 0.1) is 11.8 Å². The summed E-state index contributed by atoms with van der Waals surface area (Å²) in [6, 6.07) is 5.57. The van der Waals surface area contributed by atoms with E-state index in [9.17, 15) is 19.5 Å². The molecule has 9 heteroatoms. The molecule has 36 heavy (non-hydrogen) atoms. The first kappa shape index (κ1) is 26.8. The number of rotatable bonds is 10. The standard InChI is InChI=1S/C27H33ClN2O5S/c1-5-14-29(19-10-8-17(28)9-11-19)24(33)22-27-13-12-26(4,36-27)21(25(34)35-15-6-2)20(27)23(32)30(22)18(7-3)16-31/h5-6,8-11,18,20-22,31H,1-2,7,12-16H2,3-4H3/t18-,20-,21+,22?,26-,27?/m0/s1. The Morgan fingerprint density at radius 2 is 2.00 bits per heavy atom. The molecule has 1 N–H and O–H groups in total. The number of halogens is 1. The van der Waals surface area contributed by atoms with E-state index in [0.29, 0.717) is 30.0 Å². The molecule has 194 valence electrons. The van der Waals surface area contributed by atoms with Gasteiger partial charge in [-0.1, -0.05) is 37.3 Å². The first-order valence-corrected chi connectivity index (χ1v) is 13.5. The molecule has 3 aliphatic heterocycles. The number of carbonyl (C=O) groups is 3. The highest BCUT2D eigenvalue weighted by molar-refractivity contribution is 8.02. The Bertz CT molecular complexity index is 1060. The number of likely N-dealkylation sites (tertiary alicyclic amines) is 1. The molecule has 1 spiro atoms. The van der Waals surface area contributed by atoms with E-state index >= 15 is 0 Å². The van der Waals surface area contributed by atoms with Gasteiger partial charge in [-0.2, -0.15) is 0 Å². The van der Waals surface area contributed by atoms with Gasteiger partial charge in [0.25, 0.3) is 5.91 Å². The largest absolute Gasteiger partial charge is 0.461 e. The van der Waals surface area contributed by atoms with E-state index in [2.05, 4.69) is 13.2 Å². The number of aliphatic hydroxyl groups excluding tert-OH is 1. The third kappa shape index (κ3) is 4.07. The molecule has 0 aromatic heterocycles. The summed E-state index contributed by atoms with van der Waals surface area (Å²) in [7, 11) is 0. The van der Waals surface area contributed by atoms with Crippen LogP contribution in [0.25, 0.3) is 0 Å². The minimum absolute atomic E-state index is 0.0635. The van der Waals surface area contributed by atoms with Crippen molar-refractivity contribution in [2.75, 3.05) is 24.7 Å². The topological polar surface area (TPSA) is 87.1 Å². The molecular weight excluding hydrogens is 500 g/mol. The number of fused-ring (bicyclic) bond motifs is 1. The molecule has 1 aromatic carbocycles. The van der Waals surface area contributed by atoms with Gasteiger partial charge in [0.1, 0.15) is 12.6 Å². The van der Waals surface area contributed by atoms with Crippen molar-refractivity contribution in [1.82, 2.24) is 4.90 Å². The van der Waals surface area contributed by atoms with Gasteiger partial charge in [0.05, 0.1) is 29.2 Å². The van der Waals surface area contributed by atoms with Crippen molar-refractivity contribution in [3.05, 3.63) is 54.6 Å². The highest BCUT2D eigenvalue weighted by Crippen LogP contribution is 2.71. The van der Waals surface area contributed by atoms with E-state index in [4.69, 9.17) is 16.3 Å². The van der Waals surface area contributed by atoms with Gasteiger partial charge >= 0.3 is 5.97 Å². The zero-order valence-electron chi connectivity index (χ0n) is 20.7. The number of thioether (sulfide) groups is 1. The summed E-state index contributed by atoms with van der Waals surface area (Å²) < 4.78 is 4.13. The van der Waals surface area contributed by atoms with Gasteiger partial charge in [-0.3, -0.25) is 14.4 Å². The molecule has 0 aliphatic carbocycles. The highest BCUT2D eigenvalue weighted by atomic mass is 35.5. The summed E-state index contributed by atoms with van der Waals surface area (Å²) in [5.41, 5.74) is 0.638. The lowest BCUT2D eigenvalue weighted by Gasteiger charge is -2.39. The number of hydrogen-bond donors (Lipinski definition) is 1. The lowest BCUT2D eigenvalue weighted by Crippen LogP contribution is -2.57. The van der Waals surface area contributed by atoms with Crippen LogP contribution in [0.3, 0.4) is 0 Å². The molecule has 4 rings (SSSR count). The zero-order chi connectivity index (χ0) is 26.3. The van der Waals surface area contributed by atoms with E-state index in [1.54, 1.807) is 51.9 Å². The Labute approximate surface area is 221 Å². The minimum Gasteiger partial charge on any atom is -0.461 e. The minimum atomic E-state index is -0.841. The maximum Gasteiger partial charge on any atom is 0.311 e. The van der Waals surface area contributed by atoms with Crippen LogP contribution in [-0.2, 0) is 19.1 Å². The number of ether oxygens (including phenoxy) is 1. The van der Waals surface area contributed by atoms with Crippen LogP contribution in [0.5, 0.6) is 0 Å². The monoisotopic (exact) mass is 532 g/mol. The van der Waals surface area contributed by atoms with Crippen molar-refractivity contribution in [3.63, 3.8) is 0 Å². The van der Waals surface area contributed by atoms with Crippen molar-refractivity contribution in [2.45, 2.75) is 54.7 Å². The SMILES string of the molecule is C=CCOC(=O)[C@H]1[C@H]2C(=O)N([C@@H](CC)CO)C(C(=O)N(CC=C)c3ccc(Cl)cc3)C23CC[C@]1(C)S3. The number of hydrogen-bond acceptors (Lipinski definition) is 6. The Morgan fingerprint density at radius 1 is 1.31 bits per heavy atom. The molecule has 2 bridgehead atoms. The van der Waals surface area contributed by atoms with Crippen LogP contribution >= 0.6 is 23.4 Å². The molecule has 2 amide bonds.